The van der Waals surface area contributed by atoms with Crippen molar-refractivity contribution in [2.24, 2.45) is 52.3 Å². The summed E-state index contributed by atoms with van der Waals surface area (Å²) in [5.41, 5.74) is 1.81. The molecular formula is C31H52O3. The van der Waals surface area contributed by atoms with Crippen LogP contribution in [0.15, 0.2) is 11.6 Å². The van der Waals surface area contributed by atoms with E-state index in [-0.39, 0.29) is 24.1 Å². The maximum atomic E-state index is 11.5. The number of hydrogen-bond donors (Lipinski definition) is 1. The van der Waals surface area contributed by atoms with Gasteiger partial charge in [0.25, 0.3) is 0 Å². The quantitative estimate of drug-likeness (QED) is 0.293. The lowest BCUT2D eigenvalue weighted by atomic mass is 9.46. The molecule has 4 rings (SSSR count). The van der Waals surface area contributed by atoms with E-state index in [1.165, 1.54) is 63.9 Å². The maximum absolute atomic E-state index is 11.5. The van der Waals surface area contributed by atoms with Gasteiger partial charge < -0.3 is 9.84 Å². The van der Waals surface area contributed by atoms with Crippen LogP contribution in [-0.4, -0.2) is 23.8 Å². The fraction of sp³-hybridized carbons (Fsp3) is 0.903. The predicted octanol–water partition coefficient (Wildman–Crippen LogP) is 7.57. The molecule has 194 valence electrons. The van der Waals surface area contributed by atoms with E-state index in [1.807, 2.05) is 0 Å². The Morgan fingerprint density at radius 2 is 1.88 bits per heavy atom. The molecule has 0 aromatic heterocycles. The van der Waals surface area contributed by atoms with Crippen LogP contribution in [0.1, 0.15) is 112 Å². The van der Waals surface area contributed by atoms with Gasteiger partial charge in [-0.05, 0) is 98.2 Å². The van der Waals surface area contributed by atoms with Crippen LogP contribution in [0.25, 0.3) is 0 Å². The molecule has 4 aliphatic carbocycles. The second-order valence-electron chi connectivity index (χ2n) is 13.3. The van der Waals surface area contributed by atoms with Crippen LogP contribution in [-0.2, 0) is 9.53 Å². The number of aliphatic hydroxyl groups is 1. The van der Waals surface area contributed by atoms with Gasteiger partial charge in [-0.2, -0.15) is 0 Å². The standard InChI is InChI=1S/C31H52O3/c1-7-23(20(2)3)9-8-21(4)27-12-13-28-26-11-10-24-18-25(34-22(5)33)14-17-31(24,19-32)29(26)15-16-30(27,28)6/h10,20-21,23,25-29,32H,7-9,11-19H2,1-6H3/t21-,23-,25+,26+,27-,28+,29+,30-,31-/m1/s1. The summed E-state index contributed by atoms with van der Waals surface area (Å²) in [6.45, 7) is 14.1. The number of carbonyl (C=O) groups is 1. The van der Waals surface area contributed by atoms with Crippen molar-refractivity contribution in [1.82, 2.24) is 0 Å². The Labute approximate surface area is 209 Å². The minimum absolute atomic E-state index is 0.00308. The van der Waals surface area contributed by atoms with Crippen molar-refractivity contribution < 1.29 is 14.6 Å². The molecule has 0 aliphatic heterocycles. The summed E-state index contributed by atoms with van der Waals surface area (Å²) in [6.07, 6.45) is 15.8. The minimum Gasteiger partial charge on any atom is -0.462 e. The van der Waals surface area contributed by atoms with Crippen molar-refractivity contribution in [3.63, 3.8) is 0 Å². The van der Waals surface area contributed by atoms with Gasteiger partial charge in [0.2, 0.25) is 0 Å². The molecule has 3 nitrogen and oxygen atoms in total. The molecule has 0 unspecified atom stereocenters. The summed E-state index contributed by atoms with van der Waals surface area (Å²) in [7, 11) is 0. The van der Waals surface area contributed by atoms with Crippen molar-refractivity contribution in [2.45, 2.75) is 118 Å². The van der Waals surface area contributed by atoms with Crippen molar-refractivity contribution in [1.29, 1.82) is 0 Å². The fourth-order valence-electron chi connectivity index (χ4n) is 9.72. The molecule has 34 heavy (non-hydrogen) atoms. The molecule has 9 atom stereocenters. The van der Waals surface area contributed by atoms with E-state index in [0.717, 1.165) is 54.8 Å². The first-order valence-electron chi connectivity index (χ1n) is 14.6. The highest BCUT2D eigenvalue weighted by Gasteiger charge is 2.60. The van der Waals surface area contributed by atoms with Crippen LogP contribution < -0.4 is 0 Å². The van der Waals surface area contributed by atoms with Gasteiger partial charge in [-0.3, -0.25) is 4.79 Å². The van der Waals surface area contributed by atoms with Crippen molar-refractivity contribution in [2.75, 3.05) is 6.61 Å². The maximum Gasteiger partial charge on any atom is 0.302 e. The van der Waals surface area contributed by atoms with Crippen LogP contribution in [0, 0.1) is 52.3 Å². The Morgan fingerprint density at radius 1 is 1.12 bits per heavy atom. The van der Waals surface area contributed by atoms with Gasteiger partial charge in [-0.1, -0.05) is 59.1 Å². The lowest BCUT2D eigenvalue weighted by molar-refractivity contribution is -0.149. The van der Waals surface area contributed by atoms with Gasteiger partial charge in [0.15, 0.2) is 0 Å². The Balaban J connectivity index is 1.48. The summed E-state index contributed by atoms with van der Waals surface area (Å²) in [5.74, 6) is 5.31. The Kier molecular flexibility index (Phi) is 7.92. The fourth-order valence-corrected chi connectivity index (χ4v) is 9.72. The Morgan fingerprint density at radius 3 is 2.53 bits per heavy atom. The van der Waals surface area contributed by atoms with Crippen molar-refractivity contribution >= 4 is 5.97 Å². The average molecular weight is 473 g/mol. The summed E-state index contributed by atoms with van der Waals surface area (Å²) in [5, 5.41) is 10.8. The van der Waals surface area contributed by atoms with E-state index < -0.39 is 0 Å². The monoisotopic (exact) mass is 472 g/mol. The average Bonchev–Trinajstić information content (AvgIpc) is 3.15. The number of esters is 1. The van der Waals surface area contributed by atoms with Gasteiger partial charge >= 0.3 is 5.97 Å². The van der Waals surface area contributed by atoms with E-state index in [9.17, 15) is 9.90 Å². The summed E-state index contributed by atoms with van der Waals surface area (Å²) >= 11 is 0. The predicted molar refractivity (Wildman–Crippen MR) is 139 cm³/mol. The zero-order valence-corrected chi connectivity index (χ0v) is 22.9. The Hall–Kier alpha value is -0.830. The number of rotatable bonds is 8. The third-order valence-electron chi connectivity index (χ3n) is 11.6. The van der Waals surface area contributed by atoms with E-state index >= 15 is 0 Å². The number of fused-ring (bicyclic) bond motifs is 5. The van der Waals surface area contributed by atoms with E-state index in [0.29, 0.717) is 11.3 Å². The van der Waals surface area contributed by atoms with Crippen LogP contribution in [0.3, 0.4) is 0 Å². The minimum atomic E-state index is -0.172. The van der Waals surface area contributed by atoms with Crippen LogP contribution in [0.5, 0.6) is 0 Å². The smallest absolute Gasteiger partial charge is 0.302 e. The number of allylic oxidation sites excluding steroid dienone is 1. The van der Waals surface area contributed by atoms with Crippen molar-refractivity contribution in [3.05, 3.63) is 11.6 Å². The van der Waals surface area contributed by atoms with Crippen LogP contribution >= 0.6 is 0 Å². The SMILES string of the molecule is CC[C@H](CC[C@@H](C)[C@H]1CC[C@H]2[C@@H]3CC=C4C[C@@H](OC(C)=O)CC[C@]4(CO)[C@H]3CC[C@]12C)C(C)C. The van der Waals surface area contributed by atoms with Gasteiger partial charge in [0.05, 0.1) is 6.61 Å². The van der Waals surface area contributed by atoms with Crippen LogP contribution in [0.4, 0.5) is 0 Å². The molecule has 0 spiro atoms. The topological polar surface area (TPSA) is 46.5 Å². The highest BCUT2D eigenvalue weighted by molar-refractivity contribution is 5.66. The molecule has 0 amide bonds. The van der Waals surface area contributed by atoms with E-state index in [2.05, 4.69) is 40.7 Å². The first kappa shape index (κ1) is 26.2. The molecule has 3 saturated carbocycles. The summed E-state index contributed by atoms with van der Waals surface area (Å²) < 4.78 is 5.59. The molecule has 1 N–H and O–H groups in total. The van der Waals surface area contributed by atoms with Gasteiger partial charge in [-0.25, -0.2) is 0 Å². The zero-order chi connectivity index (χ0) is 24.7. The van der Waals surface area contributed by atoms with E-state index in [1.54, 1.807) is 0 Å². The molecular weight excluding hydrogens is 420 g/mol. The second-order valence-corrected chi connectivity index (χ2v) is 13.3. The highest BCUT2D eigenvalue weighted by atomic mass is 16.5. The molecule has 0 aromatic carbocycles. The lowest BCUT2D eigenvalue weighted by Gasteiger charge is -2.59. The molecule has 0 saturated heterocycles. The zero-order valence-electron chi connectivity index (χ0n) is 22.9. The normalized spacial score (nSPS) is 41.2. The van der Waals surface area contributed by atoms with Gasteiger partial charge in [0, 0.05) is 18.8 Å². The van der Waals surface area contributed by atoms with Gasteiger partial charge in [0.1, 0.15) is 6.10 Å². The molecule has 4 aliphatic rings. The Bertz CT molecular complexity index is 756. The highest BCUT2D eigenvalue weighted by Crippen LogP contribution is 2.67. The molecule has 0 aromatic rings. The molecule has 3 fully saturated rings. The molecule has 3 heteroatoms. The van der Waals surface area contributed by atoms with E-state index in [4.69, 9.17) is 4.74 Å². The molecule has 0 heterocycles. The van der Waals surface area contributed by atoms with Crippen LogP contribution in [0.2, 0.25) is 0 Å². The first-order chi connectivity index (χ1) is 16.2. The molecule has 0 bridgehead atoms. The second kappa shape index (κ2) is 10.3. The largest absolute Gasteiger partial charge is 0.462 e. The third-order valence-corrected chi connectivity index (χ3v) is 11.6. The number of aliphatic hydroxyl groups excluding tert-OH is 1. The third kappa shape index (κ3) is 4.53. The molecule has 0 radical (unpaired) electrons. The van der Waals surface area contributed by atoms with Crippen molar-refractivity contribution in [3.8, 4) is 0 Å². The number of carbonyl (C=O) groups excluding carboxylic acids is 1. The van der Waals surface area contributed by atoms with Gasteiger partial charge in [-0.15, -0.1) is 0 Å². The number of hydrogen-bond acceptors (Lipinski definition) is 3. The number of ether oxygens (including phenoxy) is 1. The summed E-state index contributed by atoms with van der Waals surface area (Å²) in [6, 6.07) is 0. The lowest BCUT2D eigenvalue weighted by Crippen LogP contribution is -2.53. The summed E-state index contributed by atoms with van der Waals surface area (Å²) in [4.78, 5) is 11.5. The first-order valence-corrected chi connectivity index (χ1v) is 14.6.